The molecule has 82 valence electrons. The normalized spacial score (nSPS) is 10.0. The van der Waals surface area contributed by atoms with Crippen molar-refractivity contribution >= 4 is 5.97 Å². The van der Waals surface area contributed by atoms with Gasteiger partial charge >= 0.3 is 5.97 Å². The van der Waals surface area contributed by atoms with Crippen LogP contribution in [0.25, 0.3) is 0 Å². The molecule has 0 aliphatic rings. The number of aliphatic carboxylic acids is 1. The lowest BCUT2D eigenvalue weighted by atomic mass is 10.0. The number of carboxylic acid groups (broad SMARTS) is 1. The molecule has 4 heteroatoms. The van der Waals surface area contributed by atoms with Gasteiger partial charge in [-0.15, -0.1) is 0 Å². The average molecular weight is 210 g/mol. The molecule has 0 spiro atoms. The second-order valence-corrected chi connectivity index (χ2v) is 3.23. The summed E-state index contributed by atoms with van der Waals surface area (Å²) in [5.74, 6) is -0.733. The van der Waals surface area contributed by atoms with Crippen LogP contribution in [0.3, 0.4) is 0 Å². The number of ether oxygens (including phenoxy) is 1. The Labute approximate surface area is 88.1 Å². The minimum Gasteiger partial charge on any atom is -0.504 e. The monoisotopic (exact) mass is 210 g/mol. The summed E-state index contributed by atoms with van der Waals surface area (Å²) in [6.45, 7) is 1.95. The summed E-state index contributed by atoms with van der Waals surface area (Å²) in [5, 5.41) is 18.3. The Morgan fingerprint density at radius 1 is 1.47 bits per heavy atom. The van der Waals surface area contributed by atoms with Crippen molar-refractivity contribution in [2.75, 3.05) is 7.11 Å². The van der Waals surface area contributed by atoms with Crippen LogP contribution in [-0.2, 0) is 17.6 Å². The molecule has 0 unspecified atom stereocenters. The molecule has 1 aromatic rings. The van der Waals surface area contributed by atoms with Gasteiger partial charge in [-0.3, -0.25) is 4.79 Å². The highest BCUT2D eigenvalue weighted by molar-refractivity contribution is 5.72. The average Bonchev–Trinajstić information content (AvgIpc) is 2.20. The first kappa shape index (κ1) is 11.4. The van der Waals surface area contributed by atoms with Crippen molar-refractivity contribution in [3.05, 3.63) is 23.3 Å². The molecule has 0 bridgehead atoms. The molecule has 0 saturated heterocycles. The van der Waals surface area contributed by atoms with Gasteiger partial charge in [0.25, 0.3) is 0 Å². The quantitative estimate of drug-likeness (QED) is 0.792. The molecule has 0 radical (unpaired) electrons. The lowest BCUT2D eigenvalue weighted by Crippen LogP contribution is -2.02. The second kappa shape index (κ2) is 4.68. The van der Waals surface area contributed by atoms with Crippen molar-refractivity contribution in [2.24, 2.45) is 0 Å². The minimum atomic E-state index is -0.972. The van der Waals surface area contributed by atoms with Crippen molar-refractivity contribution < 1.29 is 19.7 Å². The summed E-state index contributed by atoms with van der Waals surface area (Å²) in [6.07, 6.45) is 0.569. The van der Waals surface area contributed by atoms with Gasteiger partial charge in [-0.1, -0.05) is 13.0 Å². The van der Waals surface area contributed by atoms with Crippen LogP contribution in [0.4, 0.5) is 0 Å². The van der Waals surface area contributed by atoms with E-state index in [1.54, 1.807) is 12.1 Å². The molecular formula is C11H14O4. The van der Waals surface area contributed by atoms with Crippen molar-refractivity contribution in [2.45, 2.75) is 19.8 Å². The first-order chi connectivity index (χ1) is 7.08. The highest BCUT2D eigenvalue weighted by Gasteiger charge is 2.12. The number of aryl methyl sites for hydroxylation is 1. The fraction of sp³-hybridized carbons (Fsp3) is 0.364. The lowest BCUT2D eigenvalue weighted by Gasteiger charge is -2.09. The van der Waals surface area contributed by atoms with Crippen LogP contribution >= 0.6 is 0 Å². The van der Waals surface area contributed by atoms with Crippen LogP contribution in [0.1, 0.15) is 18.1 Å². The summed E-state index contributed by atoms with van der Waals surface area (Å²) in [6, 6.07) is 3.40. The number of benzene rings is 1. The standard InChI is InChI=1S/C11H14O4/c1-3-7-4-8(6-10(12)13)11(14)9(5-7)15-2/h4-5,14H,3,6H2,1-2H3,(H,12,13). The van der Waals surface area contributed by atoms with E-state index in [-0.39, 0.29) is 12.2 Å². The molecule has 1 aromatic carbocycles. The van der Waals surface area contributed by atoms with Gasteiger partial charge < -0.3 is 14.9 Å². The number of carboxylic acids is 1. The fourth-order valence-corrected chi connectivity index (χ4v) is 1.39. The number of rotatable bonds is 4. The Balaban J connectivity index is 3.17. The van der Waals surface area contributed by atoms with E-state index in [0.29, 0.717) is 11.3 Å². The van der Waals surface area contributed by atoms with Gasteiger partial charge in [0.05, 0.1) is 13.5 Å². The Morgan fingerprint density at radius 2 is 2.13 bits per heavy atom. The van der Waals surface area contributed by atoms with E-state index >= 15 is 0 Å². The first-order valence-electron chi connectivity index (χ1n) is 4.69. The van der Waals surface area contributed by atoms with Crippen LogP contribution in [0.2, 0.25) is 0 Å². The summed E-state index contributed by atoms with van der Waals surface area (Å²) < 4.78 is 4.97. The number of methoxy groups -OCH3 is 1. The zero-order valence-electron chi connectivity index (χ0n) is 8.78. The van der Waals surface area contributed by atoms with Gasteiger partial charge in [0.15, 0.2) is 11.5 Å². The molecule has 0 aliphatic heterocycles. The molecule has 2 N–H and O–H groups in total. The minimum absolute atomic E-state index is 0.0860. The van der Waals surface area contributed by atoms with E-state index in [1.165, 1.54) is 7.11 Å². The van der Waals surface area contributed by atoms with E-state index in [4.69, 9.17) is 9.84 Å². The first-order valence-corrected chi connectivity index (χ1v) is 4.69. The molecule has 0 fully saturated rings. The molecule has 0 aliphatic carbocycles. The molecular weight excluding hydrogens is 196 g/mol. The molecule has 0 aromatic heterocycles. The lowest BCUT2D eigenvalue weighted by molar-refractivity contribution is -0.136. The van der Waals surface area contributed by atoms with Crippen LogP contribution in [0, 0.1) is 0 Å². The second-order valence-electron chi connectivity index (χ2n) is 3.23. The van der Waals surface area contributed by atoms with Gasteiger partial charge in [-0.25, -0.2) is 0 Å². The third-order valence-corrected chi connectivity index (χ3v) is 2.18. The summed E-state index contributed by atoms with van der Waals surface area (Å²) in [7, 11) is 1.44. The Morgan fingerprint density at radius 3 is 2.60 bits per heavy atom. The number of phenols is 1. The molecule has 4 nitrogen and oxygen atoms in total. The third kappa shape index (κ3) is 2.62. The highest BCUT2D eigenvalue weighted by Crippen LogP contribution is 2.31. The van der Waals surface area contributed by atoms with Gasteiger partial charge in [0.1, 0.15) is 0 Å². The van der Waals surface area contributed by atoms with Crippen molar-refractivity contribution in [3.63, 3.8) is 0 Å². The van der Waals surface area contributed by atoms with Gasteiger partial charge in [0.2, 0.25) is 0 Å². The molecule has 0 saturated carbocycles. The van der Waals surface area contributed by atoms with Gasteiger partial charge in [0, 0.05) is 5.56 Å². The SMILES string of the molecule is CCc1cc(CC(=O)O)c(O)c(OC)c1. The summed E-state index contributed by atoms with van der Waals surface area (Å²) in [5.41, 5.74) is 1.33. The molecule has 1 rings (SSSR count). The molecule has 0 atom stereocenters. The van der Waals surface area contributed by atoms with Crippen LogP contribution in [-0.4, -0.2) is 23.3 Å². The summed E-state index contributed by atoms with van der Waals surface area (Å²) >= 11 is 0. The van der Waals surface area contributed by atoms with Crippen LogP contribution in [0.15, 0.2) is 12.1 Å². The van der Waals surface area contributed by atoms with E-state index < -0.39 is 5.97 Å². The number of aromatic hydroxyl groups is 1. The molecule has 15 heavy (non-hydrogen) atoms. The number of hydrogen-bond donors (Lipinski definition) is 2. The third-order valence-electron chi connectivity index (χ3n) is 2.18. The van der Waals surface area contributed by atoms with Crippen molar-refractivity contribution in [1.29, 1.82) is 0 Å². The number of phenolic OH excluding ortho intramolecular Hbond substituents is 1. The zero-order valence-corrected chi connectivity index (χ0v) is 8.78. The highest BCUT2D eigenvalue weighted by atomic mass is 16.5. The maximum absolute atomic E-state index is 10.6. The Kier molecular flexibility index (Phi) is 3.55. The topological polar surface area (TPSA) is 66.8 Å². The predicted molar refractivity (Wildman–Crippen MR) is 55.4 cm³/mol. The zero-order chi connectivity index (χ0) is 11.4. The van der Waals surface area contributed by atoms with Crippen LogP contribution in [0.5, 0.6) is 11.5 Å². The van der Waals surface area contributed by atoms with E-state index in [2.05, 4.69) is 0 Å². The smallest absolute Gasteiger partial charge is 0.307 e. The van der Waals surface area contributed by atoms with Crippen LogP contribution < -0.4 is 4.74 Å². The summed E-state index contributed by atoms with van der Waals surface area (Å²) in [4.78, 5) is 10.6. The van der Waals surface area contributed by atoms with Gasteiger partial charge in [-0.05, 0) is 18.1 Å². The number of hydrogen-bond acceptors (Lipinski definition) is 3. The predicted octanol–water partition coefficient (Wildman–Crippen LogP) is 1.59. The van der Waals surface area contributed by atoms with E-state index in [9.17, 15) is 9.90 Å². The van der Waals surface area contributed by atoms with E-state index in [1.807, 2.05) is 6.92 Å². The van der Waals surface area contributed by atoms with Crippen molar-refractivity contribution in [1.82, 2.24) is 0 Å². The molecule has 0 heterocycles. The fourth-order valence-electron chi connectivity index (χ4n) is 1.39. The molecule has 0 amide bonds. The number of carbonyl (C=O) groups is 1. The van der Waals surface area contributed by atoms with E-state index in [0.717, 1.165) is 12.0 Å². The maximum Gasteiger partial charge on any atom is 0.307 e. The maximum atomic E-state index is 10.6. The Bertz CT molecular complexity index is 371. The van der Waals surface area contributed by atoms with Crippen molar-refractivity contribution in [3.8, 4) is 11.5 Å². The van der Waals surface area contributed by atoms with Gasteiger partial charge in [-0.2, -0.15) is 0 Å². The largest absolute Gasteiger partial charge is 0.504 e. The Hall–Kier alpha value is -1.71.